The van der Waals surface area contributed by atoms with Gasteiger partial charge in [-0.25, -0.2) is 4.39 Å². The lowest BCUT2D eigenvalue weighted by molar-refractivity contribution is -0.237. The zero-order valence-corrected chi connectivity index (χ0v) is 15.3. The number of ether oxygens (including phenoxy) is 2. The van der Waals surface area contributed by atoms with Gasteiger partial charge in [-0.3, -0.25) is 0 Å². The van der Waals surface area contributed by atoms with Crippen LogP contribution in [0.1, 0.15) is 13.8 Å². The molecule has 0 aliphatic heterocycles. The Balaban J connectivity index is -0.000000368. The topological polar surface area (TPSA) is 99.4 Å². The van der Waals surface area contributed by atoms with Gasteiger partial charge >= 0.3 is 12.6 Å². The highest BCUT2D eigenvalue weighted by Gasteiger charge is 2.30. The Morgan fingerprint density at radius 2 is 0.893 bits per heavy atom. The van der Waals surface area contributed by atoms with Gasteiger partial charge in [-0.1, -0.05) is 13.8 Å². The van der Waals surface area contributed by atoms with Gasteiger partial charge in [0.05, 0.1) is 39.6 Å². The van der Waals surface area contributed by atoms with Crippen LogP contribution in [0.3, 0.4) is 0 Å². The lowest BCUT2D eigenvalue weighted by Crippen LogP contribution is -2.33. The fourth-order valence-electron chi connectivity index (χ4n) is 0.981. The highest BCUT2D eigenvalue weighted by Crippen LogP contribution is 2.19. The summed E-state index contributed by atoms with van der Waals surface area (Å²) in [7, 11) is 0. The minimum Gasteiger partial charge on any atom is -0.396 e. The summed E-state index contributed by atoms with van der Waals surface area (Å²) >= 11 is 0. The Morgan fingerprint density at radius 3 is 1.11 bits per heavy atom. The Kier molecular flexibility index (Phi) is 17.2. The van der Waals surface area contributed by atoms with Gasteiger partial charge in [-0.05, 0) is 0 Å². The second-order valence-electron chi connectivity index (χ2n) is 6.25. The summed E-state index contributed by atoms with van der Waals surface area (Å²) in [5, 5.41) is 34.7. The van der Waals surface area contributed by atoms with Crippen LogP contribution in [-0.2, 0) is 9.47 Å². The van der Waals surface area contributed by atoms with E-state index in [1.54, 1.807) is 6.92 Å². The smallest absolute Gasteiger partial charge is 0.396 e. The summed E-state index contributed by atoms with van der Waals surface area (Å²) in [4.78, 5) is 0. The van der Waals surface area contributed by atoms with E-state index < -0.39 is 50.1 Å². The molecule has 14 heteroatoms. The largest absolute Gasteiger partial charge is 0.559 e. The van der Waals surface area contributed by atoms with Crippen molar-refractivity contribution in [3.05, 3.63) is 0 Å². The molecule has 0 aromatic rings. The van der Waals surface area contributed by atoms with Crippen molar-refractivity contribution in [3.63, 3.8) is 0 Å². The summed E-state index contributed by atoms with van der Waals surface area (Å²) in [5.74, 6) is 0. The molecule has 0 saturated heterocycles. The molecule has 0 saturated carbocycles. The van der Waals surface area contributed by atoms with Gasteiger partial charge in [0.25, 0.3) is 0 Å². The van der Waals surface area contributed by atoms with E-state index in [2.05, 4.69) is 9.47 Å². The molecule has 174 valence electrons. The van der Waals surface area contributed by atoms with E-state index in [1.807, 2.05) is 0 Å². The quantitative estimate of drug-likeness (QED) is 0.386. The van der Waals surface area contributed by atoms with E-state index in [0.717, 1.165) is 0 Å². The molecule has 0 aromatic heterocycles. The molecule has 0 fully saturated rings. The van der Waals surface area contributed by atoms with E-state index >= 15 is 0 Å². The van der Waals surface area contributed by atoms with Gasteiger partial charge in [-0.15, -0.1) is 17.6 Å². The maximum atomic E-state index is 11.6. The van der Waals surface area contributed by atoms with Crippen LogP contribution in [0.5, 0.6) is 0 Å². The fourth-order valence-corrected chi connectivity index (χ4v) is 0.981. The molecule has 0 aliphatic carbocycles. The van der Waals surface area contributed by atoms with Crippen molar-refractivity contribution in [2.24, 2.45) is 10.8 Å². The summed E-state index contributed by atoms with van der Waals surface area (Å²) in [5.41, 5.74) is -1.72. The Bertz CT molecular complexity index is 351. The Hall–Kier alpha value is -0.800. The van der Waals surface area contributed by atoms with E-state index in [1.165, 1.54) is 6.92 Å². The van der Waals surface area contributed by atoms with Crippen molar-refractivity contribution in [1.29, 1.82) is 0 Å². The Morgan fingerprint density at radius 1 is 0.607 bits per heavy atom. The molecule has 0 atom stereocenters. The molecule has 0 amide bonds. The monoisotopic (exact) mass is 442 g/mol. The van der Waals surface area contributed by atoms with Crippen molar-refractivity contribution >= 4 is 0 Å². The predicted octanol–water partition coefficient (Wildman–Crippen LogP) is 1.95. The van der Waals surface area contributed by atoms with E-state index in [0.29, 0.717) is 0 Å². The van der Waals surface area contributed by atoms with Gasteiger partial charge in [0.2, 0.25) is 0 Å². The van der Waals surface area contributed by atoms with Crippen molar-refractivity contribution in [3.8, 4) is 0 Å². The molecule has 28 heavy (non-hydrogen) atoms. The zero-order chi connectivity index (χ0) is 23.1. The molecule has 0 aromatic carbocycles. The van der Waals surface area contributed by atoms with Gasteiger partial charge in [0.15, 0.2) is 6.86 Å². The van der Waals surface area contributed by atoms with Crippen LogP contribution in [-0.4, -0.2) is 86.1 Å². The third-order valence-corrected chi connectivity index (χ3v) is 2.77. The first-order valence-corrected chi connectivity index (χ1v) is 7.48. The van der Waals surface area contributed by atoms with E-state index in [9.17, 15) is 35.1 Å². The molecule has 0 radical (unpaired) electrons. The number of hydrogen-bond donors (Lipinski definition) is 4. The van der Waals surface area contributed by atoms with Crippen molar-refractivity contribution < 1.29 is 65.0 Å². The molecule has 0 spiro atoms. The third kappa shape index (κ3) is 25.2. The van der Waals surface area contributed by atoms with Crippen molar-refractivity contribution in [2.45, 2.75) is 26.5 Å². The predicted molar refractivity (Wildman–Crippen MR) is 80.5 cm³/mol. The first kappa shape index (κ1) is 31.9. The lowest BCUT2D eigenvalue weighted by Gasteiger charge is -2.24. The maximum absolute atomic E-state index is 11.6. The molecule has 0 heterocycles. The van der Waals surface area contributed by atoms with Crippen LogP contribution in [0.15, 0.2) is 0 Å². The summed E-state index contributed by atoms with van der Waals surface area (Å²) in [6, 6.07) is 0. The number of hydrogen-bond acceptors (Lipinski definition) is 6. The second-order valence-corrected chi connectivity index (χ2v) is 6.25. The maximum Gasteiger partial charge on any atom is 0.559 e. The average Bonchev–Trinajstić information content (AvgIpc) is 2.57. The molecule has 0 unspecified atom stereocenters. The number of rotatable bonds is 10. The highest BCUT2D eigenvalue weighted by molar-refractivity contribution is 4.71. The van der Waals surface area contributed by atoms with Crippen LogP contribution in [0, 0.1) is 10.8 Å². The third-order valence-electron chi connectivity index (χ3n) is 2.77. The average molecular weight is 442 g/mol. The minimum atomic E-state index is -5.50. The van der Waals surface area contributed by atoms with Crippen LogP contribution in [0.4, 0.5) is 35.1 Å². The van der Waals surface area contributed by atoms with Gasteiger partial charge < -0.3 is 29.9 Å². The first-order chi connectivity index (χ1) is 12.5. The molecular weight excluding hydrogens is 416 g/mol. The molecule has 0 aliphatic rings. The van der Waals surface area contributed by atoms with Gasteiger partial charge in [0.1, 0.15) is 6.61 Å². The first-order valence-electron chi connectivity index (χ1n) is 7.48. The molecule has 0 bridgehead atoms. The van der Waals surface area contributed by atoms with Crippen molar-refractivity contribution in [2.75, 3.05) is 53.1 Å². The number of alkyl halides is 8. The SMILES string of the molecule is CC(CO)(CO)COCC(F)(F)F.CC(CO)(CO)COCF.FC(F)(F)F. The summed E-state index contributed by atoms with van der Waals surface area (Å²) < 4.78 is 93.6. The fraction of sp³-hybridized carbons (Fsp3) is 1.00. The van der Waals surface area contributed by atoms with Crippen LogP contribution < -0.4 is 0 Å². The van der Waals surface area contributed by atoms with Gasteiger partial charge in [0, 0.05) is 10.8 Å². The number of aliphatic hydroxyl groups excluding tert-OH is 4. The lowest BCUT2D eigenvalue weighted by atomic mass is 9.95. The van der Waals surface area contributed by atoms with Crippen molar-refractivity contribution in [1.82, 2.24) is 0 Å². The second kappa shape index (κ2) is 15.1. The van der Waals surface area contributed by atoms with E-state index in [4.69, 9.17) is 20.4 Å². The van der Waals surface area contributed by atoms with Crippen LogP contribution in [0.2, 0.25) is 0 Å². The standard InChI is InChI=1S/C7H13F3O3.C6H13FO3.CF4/c1-6(2-11,3-12)4-13-5-7(8,9)10;1-6(2-8,3-9)4-10-5-7;2-1(3,4)5/h11-12H,2-5H2,1H3;8-9H,2-5H2,1H3;. The zero-order valence-electron chi connectivity index (χ0n) is 15.3. The normalized spacial score (nSPS) is 12.6. The Labute approximate surface area is 156 Å². The van der Waals surface area contributed by atoms with Crippen LogP contribution in [0.25, 0.3) is 0 Å². The minimum absolute atomic E-state index is 0.0382. The van der Waals surface area contributed by atoms with Gasteiger partial charge in [-0.2, -0.15) is 13.2 Å². The molecule has 6 nitrogen and oxygen atoms in total. The molecule has 0 rings (SSSR count). The summed E-state index contributed by atoms with van der Waals surface area (Å²) in [6.07, 6.45) is -9.87. The highest BCUT2D eigenvalue weighted by atomic mass is 19.5. The number of aliphatic hydroxyl groups is 4. The number of halogens is 8. The van der Waals surface area contributed by atoms with E-state index in [-0.39, 0.29) is 26.4 Å². The molecular formula is C14H26F8O6. The molecule has 4 N–H and O–H groups in total. The summed E-state index contributed by atoms with van der Waals surface area (Å²) in [6.45, 7) is -0.712. The van der Waals surface area contributed by atoms with Crippen LogP contribution >= 0.6 is 0 Å².